The molecule has 0 unspecified atom stereocenters. The maximum absolute atomic E-state index is 10.6. The molecule has 1 aromatic carbocycles. The van der Waals surface area contributed by atoms with Gasteiger partial charge in [-0.05, 0) is 37.8 Å². The van der Waals surface area contributed by atoms with E-state index >= 15 is 0 Å². The molecule has 0 saturated heterocycles. The molecule has 0 bridgehead atoms. The van der Waals surface area contributed by atoms with E-state index in [1.54, 1.807) is 0 Å². The van der Waals surface area contributed by atoms with Gasteiger partial charge in [-0.1, -0.05) is 20.8 Å². The second-order valence-electron chi connectivity index (χ2n) is 3.89. The van der Waals surface area contributed by atoms with Gasteiger partial charge in [-0.3, -0.25) is 4.55 Å². The van der Waals surface area contributed by atoms with E-state index in [9.17, 15) is 8.42 Å². The summed E-state index contributed by atoms with van der Waals surface area (Å²) in [6.07, 6.45) is 0. The standard InChI is InChI=1S/C6H8N2O3S.C6H15N/c7-4-1-2-5(8)6(3-4)12(9,10)11;1-4-7(5-2)6-3/h1-3H,7-8H2,(H,9,10,11);4-6H2,1-3H3. The van der Waals surface area contributed by atoms with Gasteiger partial charge in [0.25, 0.3) is 10.1 Å². The van der Waals surface area contributed by atoms with Crippen molar-refractivity contribution in [1.29, 1.82) is 0 Å². The summed E-state index contributed by atoms with van der Waals surface area (Å²) in [7, 11) is -4.26. The van der Waals surface area contributed by atoms with Crippen molar-refractivity contribution < 1.29 is 13.0 Å². The zero-order valence-corrected chi connectivity index (χ0v) is 12.4. The van der Waals surface area contributed by atoms with E-state index < -0.39 is 10.1 Å². The fourth-order valence-electron chi connectivity index (χ4n) is 1.45. The molecule has 110 valence electrons. The number of benzene rings is 1. The van der Waals surface area contributed by atoms with Gasteiger partial charge in [0.15, 0.2) is 0 Å². The van der Waals surface area contributed by atoms with E-state index in [1.165, 1.54) is 31.8 Å². The summed E-state index contributed by atoms with van der Waals surface area (Å²) in [5.41, 5.74) is 10.8. The van der Waals surface area contributed by atoms with Crippen LogP contribution in [0.4, 0.5) is 11.4 Å². The molecule has 0 amide bonds. The Morgan fingerprint density at radius 1 is 1.11 bits per heavy atom. The highest BCUT2D eigenvalue weighted by Gasteiger charge is 2.13. The first-order valence-corrected chi connectivity index (χ1v) is 7.55. The van der Waals surface area contributed by atoms with Crippen LogP contribution in [0, 0.1) is 0 Å². The maximum atomic E-state index is 10.6. The minimum absolute atomic E-state index is 0.0216. The van der Waals surface area contributed by atoms with Crippen LogP contribution in [0.15, 0.2) is 23.1 Å². The molecule has 0 aliphatic carbocycles. The third-order valence-electron chi connectivity index (χ3n) is 2.66. The van der Waals surface area contributed by atoms with Crippen LogP contribution in [0.25, 0.3) is 0 Å². The van der Waals surface area contributed by atoms with E-state index in [1.807, 2.05) is 0 Å². The van der Waals surface area contributed by atoms with Crippen molar-refractivity contribution in [2.45, 2.75) is 25.7 Å². The fraction of sp³-hybridized carbons (Fsp3) is 0.500. The second kappa shape index (κ2) is 7.98. The van der Waals surface area contributed by atoms with Crippen LogP contribution in [0.1, 0.15) is 20.8 Å². The number of rotatable bonds is 4. The van der Waals surface area contributed by atoms with Gasteiger partial charge in [0.05, 0.1) is 5.69 Å². The molecule has 1 aromatic rings. The summed E-state index contributed by atoms with van der Waals surface area (Å²) in [5, 5.41) is 0. The second-order valence-corrected chi connectivity index (χ2v) is 5.28. The molecular formula is C12H23N3O3S. The molecule has 19 heavy (non-hydrogen) atoms. The summed E-state index contributed by atoms with van der Waals surface area (Å²) in [4.78, 5) is 2.02. The zero-order chi connectivity index (χ0) is 15.1. The minimum Gasteiger partial charge on any atom is -0.399 e. The zero-order valence-electron chi connectivity index (χ0n) is 11.6. The lowest BCUT2D eigenvalue weighted by atomic mass is 10.3. The predicted molar refractivity (Wildman–Crippen MR) is 78.5 cm³/mol. The van der Waals surface area contributed by atoms with Gasteiger partial charge in [0.2, 0.25) is 0 Å². The molecule has 1 rings (SSSR count). The molecule has 0 heterocycles. The van der Waals surface area contributed by atoms with Crippen LogP contribution in [-0.2, 0) is 10.1 Å². The van der Waals surface area contributed by atoms with Gasteiger partial charge >= 0.3 is 0 Å². The molecule has 0 spiro atoms. The van der Waals surface area contributed by atoms with Gasteiger partial charge < -0.3 is 16.4 Å². The number of nitrogens with two attached hydrogens (primary N) is 2. The number of hydrogen-bond donors (Lipinski definition) is 3. The van der Waals surface area contributed by atoms with E-state index in [2.05, 4.69) is 25.7 Å². The van der Waals surface area contributed by atoms with Crippen molar-refractivity contribution in [1.82, 2.24) is 4.90 Å². The van der Waals surface area contributed by atoms with Gasteiger partial charge in [0.1, 0.15) is 4.90 Å². The lowest BCUT2D eigenvalue weighted by Crippen LogP contribution is -2.21. The minimum atomic E-state index is -4.26. The first-order valence-electron chi connectivity index (χ1n) is 6.11. The van der Waals surface area contributed by atoms with Gasteiger partial charge in [-0.25, -0.2) is 0 Å². The Morgan fingerprint density at radius 2 is 1.58 bits per heavy atom. The molecule has 0 fully saturated rings. The van der Waals surface area contributed by atoms with Crippen molar-refractivity contribution in [2.24, 2.45) is 0 Å². The molecule has 0 saturated carbocycles. The van der Waals surface area contributed by atoms with Crippen molar-refractivity contribution in [3.8, 4) is 0 Å². The molecule has 0 atom stereocenters. The summed E-state index contributed by atoms with van der Waals surface area (Å²) in [6.45, 7) is 10.1. The van der Waals surface area contributed by atoms with Gasteiger partial charge in [0, 0.05) is 5.69 Å². The molecule has 0 aliphatic heterocycles. The average Bonchev–Trinajstić information content (AvgIpc) is 2.34. The highest BCUT2D eigenvalue weighted by Crippen LogP contribution is 2.20. The smallest absolute Gasteiger partial charge is 0.296 e. The summed E-state index contributed by atoms with van der Waals surface area (Å²) >= 11 is 0. The van der Waals surface area contributed by atoms with Crippen molar-refractivity contribution in [2.75, 3.05) is 31.1 Å². The number of nitrogens with zero attached hydrogens (tertiary/aromatic N) is 1. The SMILES string of the molecule is CCN(CC)CC.Nc1ccc(N)c(S(=O)(=O)O)c1. The van der Waals surface area contributed by atoms with E-state index in [-0.39, 0.29) is 16.3 Å². The molecule has 5 N–H and O–H groups in total. The van der Waals surface area contributed by atoms with Crippen LogP contribution < -0.4 is 11.5 Å². The van der Waals surface area contributed by atoms with Crippen LogP contribution in [0.2, 0.25) is 0 Å². The van der Waals surface area contributed by atoms with Crippen LogP contribution in [0.3, 0.4) is 0 Å². The third kappa shape index (κ3) is 6.42. The Morgan fingerprint density at radius 3 is 1.84 bits per heavy atom. The molecule has 0 aliphatic rings. The lowest BCUT2D eigenvalue weighted by molar-refractivity contribution is 0.321. The Bertz CT molecular complexity index is 479. The summed E-state index contributed by atoms with van der Waals surface area (Å²) in [5.74, 6) is 0. The Hall–Kier alpha value is -1.31. The Labute approximate surface area is 115 Å². The van der Waals surface area contributed by atoms with E-state index in [4.69, 9.17) is 16.0 Å². The van der Waals surface area contributed by atoms with Gasteiger partial charge in [-0.15, -0.1) is 0 Å². The maximum Gasteiger partial charge on any atom is 0.296 e. The normalized spacial score (nSPS) is 11.0. The third-order valence-corrected chi connectivity index (χ3v) is 3.57. The summed E-state index contributed by atoms with van der Waals surface area (Å²) in [6, 6.07) is 3.87. The fourth-order valence-corrected chi connectivity index (χ4v) is 2.10. The Kier molecular flexibility index (Phi) is 7.43. The van der Waals surface area contributed by atoms with E-state index in [0.717, 1.165) is 6.07 Å². The highest BCUT2D eigenvalue weighted by atomic mass is 32.2. The quantitative estimate of drug-likeness (QED) is 0.571. The van der Waals surface area contributed by atoms with Gasteiger partial charge in [-0.2, -0.15) is 8.42 Å². The first-order chi connectivity index (χ1) is 8.76. The van der Waals surface area contributed by atoms with Crippen molar-refractivity contribution in [3.05, 3.63) is 18.2 Å². The lowest BCUT2D eigenvalue weighted by Gasteiger charge is -2.13. The average molecular weight is 289 g/mol. The van der Waals surface area contributed by atoms with Crippen LogP contribution in [-0.4, -0.2) is 37.5 Å². The van der Waals surface area contributed by atoms with E-state index in [0.29, 0.717) is 0 Å². The summed E-state index contributed by atoms with van der Waals surface area (Å²) < 4.78 is 29.9. The first kappa shape index (κ1) is 17.7. The monoisotopic (exact) mass is 289 g/mol. The largest absolute Gasteiger partial charge is 0.399 e. The number of hydrogen-bond acceptors (Lipinski definition) is 5. The topological polar surface area (TPSA) is 110 Å². The van der Waals surface area contributed by atoms with Crippen molar-refractivity contribution in [3.63, 3.8) is 0 Å². The molecular weight excluding hydrogens is 266 g/mol. The number of anilines is 2. The Balaban J connectivity index is 0.000000399. The van der Waals surface area contributed by atoms with Crippen LogP contribution >= 0.6 is 0 Å². The number of nitrogen functional groups attached to an aromatic ring is 2. The molecule has 0 radical (unpaired) electrons. The molecule has 6 nitrogen and oxygen atoms in total. The predicted octanol–water partition coefficient (Wildman–Crippen LogP) is 1.45. The molecule has 7 heteroatoms. The highest BCUT2D eigenvalue weighted by molar-refractivity contribution is 7.86. The molecule has 0 aromatic heterocycles. The van der Waals surface area contributed by atoms with Crippen LogP contribution in [0.5, 0.6) is 0 Å². The van der Waals surface area contributed by atoms with Crippen molar-refractivity contribution >= 4 is 21.5 Å².